The van der Waals surface area contributed by atoms with Gasteiger partial charge in [0.25, 0.3) is 0 Å². The van der Waals surface area contributed by atoms with Crippen LogP contribution in [0.2, 0.25) is 0 Å². The first-order valence-corrected chi connectivity index (χ1v) is 6.07. The van der Waals surface area contributed by atoms with Crippen LogP contribution in [0.1, 0.15) is 17.3 Å². The van der Waals surface area contributed by atoms with Gasteiger partial charge in [-0.1, -0.05) is 24.3 Å². The van der Waals surface area contributed by atoms with Crippen LogP contribution < -0.4 is 11.3 Å². The zero-order valence-electron chi connectivity index (χ0n) is 10.6. The van der Waals surface area contributed by atoms with E-state index in [1.807, 2.05) is 48.1 Å². The molecule has 5 heteroatoms. The van der Waals surface area contributed by atoms with Crippen molar-refractivity contribution in [3.63, 3.8) is 0 Å². The molecule has 5 nitrogen and oxygen atoms in total. The highest BCUT2D eigenvalue weighted by Crippen LogP contribution is 2.25. The lowest BCUT2D eigenvalue weighted by atomic mass is 10.0. The van der Waals surface area contributed by atoms with Crippen molar-refractivity contribution in [2.75, 3.05) is 0 Å². The molecule has 0 fully saturated rings. The van der Waals surface area contributed by atoms with Gasteiger partial charge in [-0.25, -0.2) is 10.4 Å². The largest absolute Gasteiger partial charge is 0.340 e. The minimum atomic E-state index is -0.167. The van der Waals surface area contributed by atoms with E-state index in [-0.39, 0.29) is 6.04 Å². The number of benzene rings is 1. The molecule has 96 valence electrons. The second-order valence-electron chi connectivity index (χ2n) is 4.49. The van der Waals surface area contributed by atoms with Crippen molar-refractivity contribution in [3.05, 3.63) is 60.3 Å². The number of nitrogens with zero attached hydrogens (tertiary/aromatic N) is 3. The number of rotatable bonds is 3. The molecule has 3 N–H and O–H groups in total. The number of imidazole rings is 1. The predicted octanol–water partition coefficient (Wildman–Crippen LogP) is 1.52. The lowest BCUT2D eigenvalue weighted by molar-refractivity contribution is 0.626. The number of pyridine rings is 1. The Kier molecular flexibility index (Phi) is 2.98. The van der Waals surface area contributed by atoms with Crippen LogP contribution in [0, 0.1) is 0 Å². The highest BCUT2D eigenvalue weighted by molar-refractivity contribution is 5.82. The van der Waals surface area contributed by atoms with Crippen LogP contribution >= 0.6 is 0 Å². The molecule has 1 aromatic carbocycles. The number of nitrogens with one attached hydrogen (secondary N) is 1. The fourth-order valence-electron chi connectivity index (χ4n) is 2.28. The topological polar surface area (TPSA) is 68.8 Å². The van der Waals surface area contributed by atoms with Crippen molar-refractivity contribution < 1.29 is 0 Å². The zero-order chi connectivity index (χ0) is 13.2. The van der Waals surface area contributed by atoms with E-state index in [0.717, 1.165) is 22.2 Å². The second kappa shape index (κ2) is 4.79. The fraction of sp³-hybridized carbons (Fsp3) is 0.143. The van der Waals surface area contributed by atoms with Crippen molar-refractivity contribution in [1.29, 1.82) is 0 Å². The number of para-hydroxylation sites is 1. The Morgan fingerprint density at radius 2 is 2.05 bits per heavy atom. The Balaban J connectivity index is 2.16. The third-order valence-electron chi connectivity index (χ3n) is 3.16. The molecule has 0 radical (unpaired) electrons. The Morgan fingerprint density at radius 1 is 1.21 bits per heavy atom. The molecule has 0 spiro atoms. The first-order chi connectivity index (χ1) is 9.29. The van der Waals surface area contributed by atoms with Gasteiger partial charge in [0, 0.05) is 30.4 Å². The summed E-state index contributed by atoms with van der Waals surface area (Å²) in [5.41, 5.74) is 5.67. The van der Waals surface area contributed by atoms with Crippen LogP contribution in [-0.4, -0.2) is 14.5 Å². The fourth-order valence-corrected chi connectivity index (χ4v) is 2.28. The maximum atomic E-state index is 5.71. The van der Waals surface area contributed by atoms with Gasteiger partial charge >= 0.3 is 0 Å². The quantitative estimate of drug-likeness (QED) is 0.548. The van der Waals surface area contributed by atoms with Crippen LogP contribution in [0.15, 0.2) is 49.1 Å². The molecule has 1 atom stereocenters. The summed E-state index contributed by atoms with van der Waals surface area (Å²) in [6, 6.07) is 9.87. The minimum Gasteiger partial charge on any atom is -0.340 e. The van der Waals surface area contributed by atoms with Gasteiger partial charge in [0.15, 0.2) is 0 Å². The van der Waals surface area contributed by atoms with Crippen molar-refractivity contribution in [2.24, 2.45) is 12.9 Å². The average molecular weight is 253 g/mol. The monoisotopic (exact) mass is 253 g/mol. The molecule has 3 aromatic rings. The SMILES string of the molecule is Cn1cnc(C(NN)c2cccc3cccnc23)c1. The molecule has 0 aliphatic rings. The number of nitrogens with two attached hydrogens (primary N) is 1. The van der Waals surface area contributed by atoms with E-state index in [1.54, 1.807) is 12.5 Å². The van der Waals surface area contributed by atoms with Crippen LogP contribution in [-0.2, 0) is 7.05 Å². The molecule has 19 heavy (non-hydrogen) atoms. The van der Waals surface area contributed by atoms with E-state index in [0.29, 0.717) is 0 Å². The third kappa shape index (κ3) is 2.09. The molecular weight excluding hydrogens is 238 g/mol. The summed E-state index contributed by atoms with van der Waals surface area (Å²) in [7, 11) is 1.94. The van der Waals surface area contributed by atoms with Crippen LogP contribution in [0.4, 0.5) is 0 Å². The molecular formula is C14H15N5. The van der Waals surface area contributed by atoms with Gasteiger partial charge in [-0.3, -0.25) is 10.8 Å². The molecule has 2 heterocycles. The van der Waals surface area contributed by atoms with E-state index < -0.39 is 0 Å². The van der Waals surface area contributed by atoms with Crippen molar-refractivity contribution in [3.8, 4) is 0 Å². The summed E-state index contributed by atoms with van der Waals surface area (Å²) >= 11 is 0. The van der Waals surface area contributed by atoms with E-state index in [9.17, 15) is 0 Å². The normalized spacial score (nSPS) is 12.7. The molecule has 0 bridgehead atoms. The zero-order valence-corrected chi connectivity index (χ0v) is 10.6. The predicted molar refractivity (Wildman–Crippen MR) is 74.1 cm³/mol. The van der Waals surface area contributed by atoms with Gasteiger partial charge in [0.05, 0.1) is 23.6 Å². The summed E-state index contributed by atoms with van der Waals surface area (Å²) in [4.78, 5) is 8.82. The molecule has 0 saturated heterocycles. The molecule has 0 aliphatic heterocycles. The summed E-state index contributed by atoms with van der Waals surface area (Å²) < 4.78 is 1.90. The lowest BCUT2D eigenvalue weighted by Crippen LogP contribution is -2.29. The Morgan fingerprint density at radius 3 is 2.79 bits per heavy atom. The highest BCUT2D eigenvalue weighted by Gasteiger charge is 2.17. The van der Waals surface area contributed by atoms with E-state index in [4.69, 9.17) is 5.84 Å². The Labute approximate surface area is 111 Å². The summed E-state index contributed by atoms with van der Waals surface area (Å²) in [6.45, 7) is 0. The van der Waals surface area contributed by atoms with Gasteiger partial charge in [-0.05, 0) is 6.07 Å². The molecule has 0 amide bonds. The van der Waals surface area contributed by atoms with E-state index >= 15 is 0 Å². The lowest BCUT2D eigenvalue weighted by Gasteiger charge is -2.15. The van der Waals surface area contributed by atoms with Gasteiger partial charge in [0.2, 0.25) is 0 Å². The maximum absolute atomic E-state index is 5.71. The van der Waals surface area contributed by atoms with Crippen molar-refractivity contribution in [2.45, 2.75) is 6.04 Å². The van der Waals surface area contributed by atoms with E-state index in [1.165, 1.54) is 0 Å². The summed E-state index contributed by atoms with van der Waals surface area (Å²) in [6.07, 6.45) is 5.50. The Hall–Kier alpha value is -2.24. The number of hydrogen-bond acceptors (Lipinski definition) is 4. The van der Waals surface area contributed by atoms with Gasteiger partial charge < -0.3 is 4.57 Å². The van der Waals surface area contributed by atoms with Crippen molar-refractivity contribution in [1.82, 2.24) is 20.0 Å². The molecule has 2 aromatic heterocycles. The highest BCUT2D eigenvalue weighted by atomic mass is 15.2. The van der Waals surface area contributed by atoms with Crippen LogP contribution in [0.5, 0.6) is 0 Å². The molecule has 0 aliphatic carbocycles. The number of aromatic nitrogens is 3. The smallest absolute Gasteiger partial charge is 0.0947 e. The number of hydrogen-bond donors (Lipinski definition) is 2. The van der Waals surface area contributed by atoms with E-state index in [2.05, 4.69) is 15.4 Å². The van der Waals surface area contributed by atoms with Gasteiger partial charge in [-0.15, -0.1) is 0 Å². The maximum Gasteiger partial charge on any atom is 0.0947 e. The third-order valence-corrected chi connectivity index (χ3v) is 3.16. The summed E-state index contributed by atoms with van der Waals surface area (Å²) in [5, 5.41) is 1.09. The molecule has 3 rings (SSSR count). The standard InChI is InChI=1S/C14H15N5/c1-19-8-12(17-9-19)14(18-15)11-6-2-4-10-5-3-7-16-13(10)11/h2-9,14,18H,15H2,1H3. The van der Waals surface area contributed by atoms with Gasteiger partial charge in [0.1, 0.15) is 0 Å². The second-order valence-corrected chi connectivity index (χ2v) is 4.49. The van der Waals surface area contributed by atoms with Crippen molar-refractivity contribution >= 4 is 10.9 Å². The molecule has 1 unspecified atom stereocenters. The minimum absolute atomic E-state index is 0.167. The average Bonchev–Trinajstić information content (AvgIpc) is 2.86. The number of hydrazine groups is 1. The van der Waals surface area contributed by atoms with Gasteiger partial charge in [-0.2, -0.15) is 0 Å². The molecule has 0 saturated carbocycles. The Bertz CT molecular complexity index is 698. The number of fused-ring (bicyclic) bond motifs is 1. The number of aryl methyl sites for hydroxylation is 1. The summed E-state index contributed by atoms with van der Waals surface area (Å²) in [5.74, 6) is 5.71. The first-order valence-electron chi connectivity index (χ1n) is 6.07. The van der Waals surface area contributed by atoms with Crippen LogP contribution in [0.3, 0.4) is 0 Å². The van der Waals surface area contributed by atoms with Crippen LogP contribution in [0.25, 0.3) is 10.9 Å². The first kappa shape index (κ1) is 11.8.